The lowest BCUT2D eigenvalue weighted by molar-refractivity contribution is -0.384. The highest BCUT2D eigenvalue weighted by Crippen LogP contribution is 2.35. The van der Waals surface area contributed by atoms with Crippen LogP contribution in [0.5, 0.6) is 5.75 Å². The highest BCUT2D eigenvalue weighted by Gasteiger charge is 2.23. The van der Waals surface area contributed by atoms with Gasteiger partial charge in [0.25, 0.3) is 11.6 Å². The average Bonchev–Trinajstić information content (AvgIpc) is 3.56. The zero-order chi connectivity index (χ0) is 22.9. The number of benzene rings is 2. The minimum atomic E-state index is -0.453. The van der Waals surface area contributed by atoms with Crippen LogP contribution in [0.1, 0.15) is 14.5 Å². The molecule has 2 aromatic carbocycles. The highest BCUT2D eigenvalue weighted by atomic mass is 32.1. The normalized spacial score (nSPS) is 11.4. The molecule has 1 amide bonds. The molecule has 3 heterocycles. The van der Waals surface area contributed by atoms with E-state index in [0.717, 1.165) is 19.8 Å². The van der Waals surface area contributed by atoms with E-state index in [4.69, 9.17) is 4.74 Å². The molecule has 5 aromatic rings. The number of amides is 1. The molecule has 0 saturated carbocycles. The predicted octanol–water partition coefficient (Wildman–Crippen LogP) is 6.17. The number of hydrogen-bond donors (Lipinski definition) is 0. The van der Waals surface area contributed by atoms with Crippen LogP contribution >= 0.6 is 34.0 Å². The molecular weight excluding hydrogens is 480 g/mol. The lowest BCUT2D eigenvalue weighted by Gasteiger charge is -2.12. The topological polar surface area (TPSA) is 97.9 Å². The van der Waals surface area contributed by atoms with Gasteiger partial charge in [-0.3, -0.25) is 14.9 Å². The number of nitro groups is 1. The molecule has 8 nitrogen and oxygen atoms in total. The summed E-state index contributed by atoms with van der Waals surface area (Å²) in [6.45, 7) is 0. The number of aromatic nitrogens is 1. The average molecular weight is 495 g/mol. The predicted molar refractivity (Wildman–Crippen MR) is 133 cm³/mol. The molecule has 0 N–H and O–H groups in total. The van der Waals surface area contributed by atoms with E-state index in [1.165, 1.54) is 51.2 Å². The minimum absolute atomic E-state index is 0.0213. The maximum atomic E-state index is 13.5. The molecule has 11 heteroatoms. The number of non-ortho nitro benzene ring substituents is 1. The van der Waals surface area contributed by atoms with Crippen LogP contribution in [0.4, 0.5) is 10.8 Å². The van der Waals surface area contributed by atoms with Gasteiger partial charge < -0.3 is 4.74 Å². The first-order valence-corrected chi connectivity index (χ1v) is 12.1. The van der Waals surface area contributed by atoms with Crippen molar-refractivity contribution in [3.05, 3.63) is 79.8 Å². The van der Waals surface area contributed by atoms with E-state index in [0.29, 0.717) is 21.1 Å². The number of anilines is 1. The standard InChI is InChI=1S/C22H14N4O4S3/c1-30-15-5-6-17-19(11-15)33-22(24-17)25(23-12-16-3-2-8-31-16)21(27)20-10-13-9-14(26(28)29)4-7-18(13)32-20/h2-12H,1H3/b23-12+. The molecule has 3 aromatic heterocycles. The van der Waals surface area contributed by atoms with Crippen molar-refractivity contribution in [1.29, 1.82) is 0 Å². The van der Waals surface area contributed by atoms with Gasteiger partial charge in [0.1, 0.15) is 5.75 Å². The molecule has 0 aliphatic carbocycles. The molecule has 0 bridgehead atoms. The maximum absolute atomic E-state index is 13.5. The smallest absolute Gasteiger partial charge is 0.290 e. The van der Waals surface area contributed by atoms with Crippen LogP contribution in [0.3, 0.4) is 0 Å². The lowest BCUT2D eigenvalue weighted by Crippen LogP contribution is -2.24. The molecular formula is C22H14N4O4S3. The molecule has 0 aliphatic heterocycles. The van der Waals surface area contributed by atoms with Gasteiger partial charge in [-0.05, 0) is 41.8 Å². The summed E-state index contributed by atoms with van der Waals surface area (Å²) in [7, 11) is 1.59. The molecule has 0 spiro atoms. The number of hydrazone groups is 1. The second kappa shape index (κ2) is 8.70. The summed E-state index contributed by atoms with van der Waals surface area (Å²) >= 11 is 4.09. The van der Waals surface area contributed by atoms with Gasteiger partial charge in [-0.25, -0.2) is 4.98 Å². The van der Waals surface area contributed by atoms with Gasteiger partial charge in [0.2, 0.25) is 5.13 Å². The van der Waals surface area contributed by atoms with Crippen LogP contribution in [0, 0.1) is 10.1 Å². The molecule has 0 unspecified atom stereocenters. The van der Waals surface area contributed by atoms with Crippen LogP contribution in [-0.4, -0.2) is 29.1 Å². The Morgan fingerprint density at radius 3 is 2.79 bits per heavy atom. The van der Waals surface area contributed by atoms with Crippen LogP contribution in [-0.2, 0) is 0 Å². The number of thiophene rings is 2. The number of carbonyl (C=O) groups excluding carboxylic acids is 1. The Morgan fingerprint density at radius 2 is 2.03 bits per heavy atom. The zero-order valence-corrected chi connectivity index (χ0v) is 19.4. The fourth-order valence-electron chi connectivity index (χ4n) is 3.13. The Morgan fingerprint density at radius 1 is 1.15 bits per heavy atom. The largest absolute Gasteiger partial charge is 0.497 e. The summed E-state index contributed by atoms with van der Waals surface area (Å²) in [5.41, 5.74) is 0.707. The summed E-state index contributed by atoms with van der Waals surface area (Å²) in [6.07, 6.45) is 1.62. The number of hydrogen-bond acceptors (Lipinski definition) is 9. The van der Waals surface area contributed by atoms with Gasteiger partial charge in [-0.1, -0.05) is 17.4 Å². The van der Waals surface area contributed by atoms with Crippen LogP contribution < -0.4 is 9.75 Å². The second-order valence-electron chi connectivity index (χ2n) is 6.80. The fourth-order valence-corrected chi connectivity index (χ4v) is 5.63. The third-order valence-electron chi connectivity index (χ3n) is 4.72. The fraction of sp³-hybridized carbons (Fsp3) is 0.0455. The summed E-state index contributed by atoms with van der Waals surface area (Å²) in [4.78, 5) is 30.1. The highest BCUT2D eigenvalue weighted by molar-refractivity contribution is 7.23. The minimum Gasteiger partial charge on any atom is -0.497 e. The molecule has 0 aliphatic rings. The maximum Gasteiger partial charge on any atom is 0.290 e. The second-order valence-corrected chi connectivity index (χ2v) is 9.87. The summed E-state index contributed by atoms with van der Waals surface area (Å²) in [6, 6.07) is 15.5. The SMILES string of the molecule is COc1ccc2nc(N(/N=C/c3cccs3)C(=O)c3cc4cc([N+](=O)[O-])ccc4s3)sc2c1. The summed E-state index contributed by atoms with van der Waals surface area (Å²) < 4.78 is 6.93. The van der Waals surface area contributed by atoms with Crippen molar-refractivity contribution in [3.63, 3.8) is 0 Å². The Hall–Kier alpha value is -3.67. The van der Waals surface area contributed by atoms with Crippen molar-refractivity contribution in [2.24, 2.45) is 5.10 Å². The third-order valence-corrected chi connectivity index (χ3v) is 7.63. The number of fused-ring (bicyclic) bond motifs is 2. The zero-order valence-electron chi connectivity index (χ0n) is 17.0. The van der Waals surface area contributed by atoms with Crippen molar-refractivity contribution in [2.45, 2.75) is 0 Å². The third kappa shape index (κ3) is 4.21. The molecule has 164 valence electrons. The van der Waals surface area contributed by atoms with E-state index in [1.54, 1.807) is 25.5 Å². The number of ether oxygens (including phenoxy) is 1. The number of rotatable bonds is 6. The molecule has 0 radical (unpaired) electrons. The number of thiazole rings is 1. The van der Waals surface area contributed by atoms with E-state index in [9.17, 15) is 14.9 Å². The van der Waals surface area contributed by atoms with Crippen molar-refractivity contribution in [3.8, 4) is 5.75 Å². The molecule has 0 saturated heterocycles. The first kappa shape index (κ1) is 21.2. The van der Waals surface area contributed by atoms with Gasteiger partial charge in [0.15, 0.2) is 0 Å². The Labute approximate surface area is 199 Å². The number of carbonyl (C=O) groups is 1. The Bertz CT molecular complexity index is 1520. The van der Waals surface area contributed by atoms with Crippen molar-refractivity contribution < 1.29 is 14.5 Å². The van der Waals surface area contributed by atoms with Crippen LogP contribution in [0.25, 0.3) is 20.3 Å². The van der Waals surface area contributed by atoms with Gasteiger partial charge >= 0.3 is 0 Å². The first-order chi connectivity index (χ1) is 16.0. The summed E-state index contributed by atoms with van der Waals surface area (Å²) in [5.74, 6) is 0.335. The molecule has 33 heavy (non-hydrogen) atoms. The van der Waals surface area contributed by atoms with E-state index in [1.807, 2.05) is 35.7 Å². The van der Waals surface area contributed by atoms with Crippen molar-refractivity contribution >= 4 is 77.3 Å². The Kier molecular flexibility index (Phi) is 5.58. The van der Waals surface area contributed by atoms with E-state index in [2.05, 4.69) is 10.1 Å². The molecule has 0 atom stereocenters. The number of methoxy groups -OCH3 is 1. The van der Waals surface area contributed by atoms with E-state index in [-0.39, 0.29) is 11.6 Å². The summed E-state index contributed by atoms with van der Waals surface area (Å²) in [5, 5.41) is 19.8. The molecule has 0 fully saturated rings. The lowest BCUT2D eigenvalue weighted by atomic mass is 10.2. The van der Waals surface area contributed by atoms with Gasteiger partial charge in [-0.2, -0.15) is 10.1 Å². The molecule has 5 rings (SSSR count). The van der Waals surface area contributed by atoms with E-state index < -0.39 is 4.92 Å². The van der Waals surface area contributed by atoms with E-state index >= 15 is 0 Å². The quantitative estimate of drug-likeness (QED) is 0.160. The first-order valence-electron chi connectivity index (χ1n) is 9.56. The van der Waals surface area contributed by atoms with Gasteiger partial charge in [0.05, 0.1) is 33.3 Å². The van der Waals surface area contributed by atoms with Gasteiger partial charge in [0, 0.05) is 27.1 Å². The number of nitrogens with zero attached hydrogens (tertiary/aromatic N) is 4. The van der Waals surface area contributed by atoms with Crippen molar-refractivity contribution in [2.75, 3.05) is 12.1 Å². The van der Waals surface area contributed by atoms with Crippen molar-refractivity contribution in [1.82, 2.24) is 4.98 Å². The Balaban J connectivity index is 1.57. The van der Waals surface area contributed by atoms with Crippen LogP contribution in [0.15, 0.2) is 65.1 Å². The number of nitro benzene ring substituents is 1. The monoisotopic (exact) mass is 494 g/mol. The van der Waals surface area contributed by atoms with Gasteiger partial charge in [-0.15, -0.1) is 22.7 Å². The van der Waals surface area contributed by atoms with Crippen LogP contribution in [0.2, 0.25) is 0 Å².